The molecule has 1 N–H and O–H groups in total. The predicted octanol–water partition coefficient (Wildman–Crippen LogP) is 1.89. The van der Waals surface area contributed by atoms with Crippen molar-refractivity contribution < 1.29 is 4.79 Å². The van der Waals surface area contributed by atoms with Gasteiger partial charge in [0.05, 0.1) is 0 Å². The van der Waals surface area contributed by atoms with Crippen molar-refractivity contribution in [2.75, 3.05) is 32.7 Å². The third-order valence-electron chi connectivity index (χ3n) is 6.30. The van der Waals surface area contributed by atoms with Crippen molar-refractivity contribution in [1.29, 1.82) is 0 Å². The lowest BCUT2D eigenvalue weighted by Gasteiger charge is -2.48. The highest BCUT2D eigenvalue weighted by Crippen LogP contribution is 2.33. The van der Waals surface area contributed by atoms with E-state index in [1.807, 2.05) is 12.4 Å². The van der Waals surface area contributed by atoms with Crippen molar-refractivity contribution in [3.8, 4) is 0 Å². The number of nitrogens with zero attached hydrogens (tertiary/aromatic N) is 3. The van der Waals surface area contributed by atoms with Crippen LogP contribution in [0.5, 0.6) is 0 Å². The van der Waals surface area contributed by atoms with Crippen LogP contribution in [0.2, 0.25) is 0 Å². The molecule has 1 aromatic rings. The minimum absolute atomic E-state index is 0.405. The number of likely N-dealkylation sites (tertiary alicyclic amines) is 2. The largest absolute Gasteiger partial charge is 0.339 e. The maximum Gasteiger partial charge on any atom is 0.222 e. The van der Waals surface area contributed by atoms with Gasteiger partial charge >= 0.3 is 0 Å². The van der Waals surface area contributed by atoms with Crippen LogP contribution in [-0.4, -0.2) is 59.5 Å². The Kier molecular flexibility index (Phi) is 5.32. The summed E-state index contributed by atoms with van der Waals surface area (Å²) in [6.45, 7) is 6.45. The first kappa shape index (κ1) is 17.0. The summed E-state index contributed by atoms with van der Waals surface area (Å²) in [7, 11) is 0. The topological polar surface area (TPSA) is 48.5 Å². The zero-order valence-corrected chi connectivity index (χ0v) is 15.1. The molecule has 0 saturated carbocycles. The Morgan fingerprint density at radius 3 is 2.72 bits per heavy atom. The molecular weight excluding hydrogens is 312 g/mol. The van der Waals surface area contributed by atoms with E-state index in [1.54, 1.807) is 0 Å². The van der Waals surface area contributed by atoms with Gasteiger partial charge in [0, 0.05) is 51.0 Å². The summed E-state index contributed by atoms with van der Waals surface area (Å²) in [6.07, 6.45) is 9.13. The van der Waals surface area contributed by atoms with Crippen LogP contribution in [0.15, 0.2) is 24.5 Å². The van der Waals surface area contributed by atoms with E-state index in [9.17, 15) is 4.79 Å². The van der Waals surface area contributed by atoms with Crippen LogP contribution in [0.1, 0.15) is 37.7 Å². The fourth-order valence-electron chi connectivity index (χ4n) is 4.90. The first-order valence-corrected chi connectivity index (χ1v) is 9.91. The second kappa shape index (κ2) is 7.83. The van der Waals surface area contributed by atoms with Crippen molar-refractivity contribution >= 4 is 5.91 Å². The lowest BCUT2D eigenvalue weighted by atomic mass is 9.82. The SMILES string of the molecule is O=C1CC[C@@H]2CN(Cc3ccncc3)CC[C@@H]2N1CC1CCNCC1. The maximum absolute atomic E-state index is 12.6. The molecule has 136 valence electrons. The molecule has 2 atom stereocenters. The molecule has 4 rings (SSSR count). The highest BCUT2D eigenvalue weighted by molar-refractivity contribution is 5.77. The smallest absolute Gasteiger partial charge is 0.222 e. The molecule has 0 aromatic carbocycles. The van der Waals surface area contributed by atoms with Crippen molar-refractivity contribution in [2.45, 2.75) is 44.7 Å². The van der Waals surface area contributed by atoms with Crippen molar-refractivity contribution in [2.24, 2.45) is 11.8 Å². The van der Waals surface area contributed by atoms with Gasteiger partial charge in [-0.15, -0.1) is 0 Å². The van der Waals surface area contributed by atoms with E-state index in [2.05, 4.69) is 32.2 Å². The van der Waals surface area contributed by atoms with Crippen LogP contribution in [-0.2, 0) is 11.3 Å². The summed E-state index contributed by atoms with van der Waals surface area (Å²) < 4.78 is 0. The van der Waals surface area contributed by atoms with Crippen molar-refractivity contribution in [3.63, 3.8) is 0 Å². The quantitative estimate of drug-likeness (QED) is 0.908. The summed E-state index contributed by atoms with van der Waals surface area (Å²) in [5.41, 5.74) is 1.34. The first-order chi connectivity index (χ1) is 12.3. The van der Waals surface area contributed by atoms with Crippen LogP contribution < -0.4 is 5.32 Å². The van der Waals surface area contributed by atoms with Gasteiger partial charge in [-0.2, -0.15) is 0 Å². The summed E-state index contributed by atoms with van der Waals surface area (Å²) in [5, 5.41) is 3.43. The molecule has 1 amide bonds. The van der Waals surface area contributed by atoms with E-state index in [0.717, 1.165) is 58.5 Å². The fourth-order valence-corrected chi connectivity index (χ4v) is 4.90. The summed E-state index contributed by atoms with van der Waals surface area (Å²) in [6, 6.07) is 4.70. The highest BCUT2D eigenvalue weighted by Gasteiger charge is 2.39. The fraction of sp³-hybridized carbons (Fsp3) is 0.700. The number of carbonyl (C=O) groups excluding carboxylic acids is 1. The molecule has 0 aliphatic carbocycles. The number of nitrogens with one attached hydrogen (secondary N) is 1. The summed E-state index contributed by atoms with van der Waals surface area (Å²) in [5.74, 6) is 1.75. The van der Waals surface area contributed by atoms with Crippen LogP contribution in [0, 0.1) is 11.8 Å². The minimum atomic E-state index is 0.405. The molecule has 3 saturated heterocycles. The van der Waals surface area contributed by atoms with Crippen molar-refractivity contribution in [3.05, 3.63) is 30.1 Å². The number of aromatic nitrogens is 1. The van der Waals surface area contributed by atoms with Crippen LogP contribution in [0.25, 0.3) is 0 Å². The van der Waals surface area contributed by atoms with E-state index in [4.69, 9.17) is 0 Å². The number of carbonyl (C=O) groups is 1. The van der Waals surface area contributed by atoms with E-state index in [-0.39, 0.29) is 0 Å². The summed E-state index contributed by atoms with van der Waals surface area (Å²) >= 11 is 0. The van der Waals surface area contributed by atoms with E-state index in [1.165, 1.54) is 18.4 Å². The molecule has 0 spiro atoms. The van der Waals surface area contributed by atoms with Gasteiger partial charge in [-0.1, -0.05) is 0 Å². The zero-order valence-electron chi connectivity index (χ0n) is 15.1. The molecule has 0 bridgehead atoms. The van der Waals surface area contributed by atoms with Gasteiger partial charge in [0.15, 0.2) is 0 Å². The second-order valence-electron chi connectivity index (χ2n) is 7.98. The van der Waals surface area contributed by atoms with Crippen LogP contribution >= 0.6 is 0 Å². The Bertz CT molecular complexity index is 572. The molecule has 5 nitrogen and oxygen atoms in total. The lowest BCUT2D eigenvalue weighted by Crippen LogP contribution is -2.57. The van der Waals surface area contributed by atoms with Gasteiger partial charge < -0.3 is 10.2 Å². The molecule has 3 fully saturated rings. The van der Waals surface area contributed by atoms with Gasteiger partial charge in [-0.25, -0.2) is 0 Å². The number of piperidine rings is 3. The first-order valence-electron chi connectivity index (χ1n) is 9.91. The van der Waals surface area contributed by atoms with E-state index < -0.39 is 0 Å². The van der Waals surface area contributed by atoms with Gasteiger partial charge in [0.2, 0.25) is 5.91 Å². The monoisotopic (exact) mass is 342 g/mol. The number of rotatable bonds is 4. The van der Waals surface area contributed by atoms with Gasteiger partial charge in [-0.05, 0) is 68.3 Å². The number of hydrogen-bond donors (Lipinski definition) is 1. The Morgan fingerprint density at radius 2 is 1.92 bits per heavy atom. The normalized spacial score (nSPS) is 28.8. The predicted molar refractivity (Wildman–Crippen MR) is 97.9 cm³/mol. The van der Waals surface area contributed by atoms with Gasteiger partial charge in [0.25, 0.3) is 0 Å². The Labute approximate surface area is 150 Å². The highest BCUT2D eigenvalue weighted by atomic mass is 16.2. The average Bonchev–Trinajstić information content (AvgIpc) is 2.66. The molecule has 5 heteroatoms. The molecule has 3 aliphatic heterocycles. The molecule has 0 radical (unpaired) electrons. The van der Waals surface area contributed by atoms with Crippen LogP contribution in [0.4, 0.5) is 0 Å². The standard InChI is InChI=1S/C20H30N4O/c25-20-2-1-18-15-23(13-16-3-8-21-9-4-16)12-7-19(18)24(20)14-17-5-10-22-11-6-17/h3-4,8-9,17-19,22H,1-2,5-7,10-15H2/t18-,19+/m1/s1. The second-order valence-corrected chi connectivity index (χ2v) is 7.98. The zero-order chi connectivity index (χ0) is 17.1. The Balaban J connectivity index is 1.37. The number of amides is 1. The minimum Gasteiger partial charge on any atom is -0.339 e. The van der Waals surface area contributed by atoms with Crippen molar-refractivity contribution in [1.82, 2.24) is 20.1 Å². The number of fused-ring (bicyclic) bond motifs is 1. The molecule has 3 aliphatic rings. The average molecular weight is 342 g/mol. The Morgan fingerprint density at radius 1 is 1.12 bits per heavy atom. The van der Waals surface area contributed by atoms with E-state index >= 15 is 0 Å². The Hall–Kier alpha value is -1.46. The molecule has 25 heavy (non-hydrogen) atoms. The summed E-state index contributed by atoms with van der Waals surface area (Å²) in [4.78, 5) is 21.5. The third-order valence-corrected chi connectivity index (χ3v) is 6.30. The molecule has 4 heterocycles. The lowest BCUT2D eigenvalue weighted by molar-refractivity contribution is -0.142. The number of pyridine rings is 1. The van der Waals surface area contributed by atoms with E-state index in [0.29, 0.717) is 23.8 Å². The maximum atomic E-state index is 12.6. The molecule has 0 unspecified atom stereocenters. The van der Waals surface area contributed by atoms with Crippen LogP contribution in [0.3, 0.4) is 0 Å². The van der Waals surface area contributed by atoms with Gasteiger partial charge in [0.1, 0.15) is 0 Å². The molecule has 1 aromatic heterocycles. The molecular formula is C20H30N4O. The van der Waals surface area contributed by atoms with Gasteiger partial charge in [-0.3, -0.25) is 14.7 Å². The third kappa shape index (κ3) is 4.04. The number of hydrogen-bond acceptors (Lipinski definition) is 4.